The molecule has 0 unspecified atom stereocenters. The maximum atomic E-state index is 6.25. The summed E-state index contributed by atoms with van der Waals surface area (Å²) in [5.41, 5.74) is 2.94. The Balaban J connectivity index is 1.83. The summed E-state index contributed by atoms with van der Waals surface area (Å²) in [5.74, 6) is 0. The van der Waals surface area contributed by atoms with Gasteiger partial charge in [-0.2, -0.15) is 5.10 Å². The standard InChI is InChI=1S/C16H16ClN3/c1-11-16(17)15(20(2)19-11)10-18-14-8-7-12-5-3-4-6-13(12)9-14/h3-9,18H,10H2,1-2H3. The van der Waals surface area contributed by atoms with Crippen LogP contribution in [0.2, 0.25) is 5.02 Å². The lowest BCUT2D eigenvalue weighted by atomic mass is 10.1. The summed E-state index contributed by atoms with van der Waals surface area (Å²) >= 11 is 6.25. The molecule has 0 spiro atoms. The Labute approximate surface area is 123 Å². The second-order valence-corrected chi connectivity index (χ2v) is 5.26. The maximum Gasteiger partial charge on any atom is 0.0865 e. The lowest BCUT2D eigenvalue weighted by molar-refractivity contribution is 0.713. The zero-order valence-electron chi connectivity index (χ0n) is 11.5. The van der Waals surface area contributed by atoms with E-state index in [-0.39, 0.29) is 0 Å². The molecule has 0 saturated heterocycles. The fourth-order valence-electron chi connectivity index (χ4n) is 2.36. The summed E-state index contributed by atoms with van der Waals surface area (Å²) in [5, 5.41) is 10.9. The monoisotopic (exact) mass is 285 g/mol. The maximum absolute atomic E-state index is 6.25. The van der Waals surface area contributed by atoms with Crippen LogP contribution in [0, 0.1) is 6.92 Å². The Bertz CT molecular complexity index is 762. The third kappa shape index (κ3) is 2.37. The molecule has 1 N–H and O–H groups in total. The number of halogens is 1. The van der Waals surface area contributed by atoms with Gasteiger partial charge in [-0.25, -0.2) is 0 Å². The van der Waals surface area contributed by atoms with Gasteiger partial charge in [0, 0.05) is 12.7 Å². The molecule has 2 aromatic carbocycles. The fraction of sp³-hybridized carbons (Fsp3) is 0.188. The van der Waals surface area contributed by atoms with Crippen molar-refractivity contribution < 1.29 is 0 Å². The molecule has 0 radical (unpaired) electrons. The van der Waals surface area contributed by atoms with Crippen LogP contribution in [-0.4, -0.2) is 9.78 Å². The van der Waals surface area contributed by atoms with Gasteiger partial charge >= 0.3 is 0 Å². The molecule has 0 bridgehead atoms. The van der Waals surface area contributed by atoms with E-state index in [0.717, 1.165) is 22.1 Å². The molecule has 3 aromatic rings. The van der Waals surface area contributed by atoms with Gasteiger partial charge in [-0.1, -0.05) is 41.9 Å². The van der Waals surface area contributed by atoms with Crippen LogP contribution < -0.4 is 5.32 Å². The van der Waals surface area contributed by atoms with Crippen molar-refractivity contribution in [3.63, 3.8) is 0 Å². The van der Waals surface area contributed by atoms with Gasteiger partial charge in [0.05, 0.1) is 23.0 Å². The number of hydrogen-bond acceptors (Lipinski definition) is 2. The number of hydrogen-bond donors (Lipinski definition) is 1. The van der Waals surface area contributed by atoms with Crippen LogP contribution in [0.1, 0.15) is 11.4 Å². The van der Waals surface area contributed by atoms with Crippen molar-refractivity contribution in [2.24, 2.45) is 7.05 Å². The van der Waals surface area contributed by atoms with Gasteiger partial charge in [-0.3, -0.25) is 4.68 Å². The van der Waals surface area contributed by atoms with Gasteiger partial charge in [0.15, 0.2) is 0 Å². The zero-order valence-corrected chi connectivity index (χ0v) is 12.3. The zero-order chi connectivity index (χ0) is 14.1. The number of aryl methyl sites for hydroxylation is 2. The van der Waals surface area contributed by atoms with Crippen LogP contribution in [0.4, 0.5) is 5.69 Å². The molecule has 0 aliphatic carbocycles. The van der Waals surface area contributed by atoms with Gasteiger partial charge in [-0.05, 0) is 29.8 Å². The van der Waals surface area contributed by atoms with E-state index in [9.17, 15) is 0 Å². The van der Waals surface area contributed by atoms with Crippen LogP contribution in [-0.2, 0) is 13.6 Å². The highest BCUT2D eigenvalue weighted by Gasteiger charge is 2.10. The lowest BCUT2D eigenvalue weighted by Crippen LogP contribution is -2.05. The summed E-state index contributed by atoms with van der Waals surface area (Å²) in [6.45, 7) is 2.58. The van der Waals surface area contributed by atoms with Crippen molar-refractivity contribution in [3.8, 4) is 0 Å². The molecule has 1 aromatic heterocycles. The molecule has 0 amide bonds. The third-order valence-electron chi connectivity index (χ3n) is 3.47. The molecule has 4 heteroatoms. The molecular weight excluding hydrogens is 270 g/mol. The first kappa shape index (κ1) is 13.0. The summed E-state index contributed by atoms with van der Waals surface area (Å²) < 4.78 is 1.83. The van der Waals surface area contributed by atoms with E-state index in [1.54, 1.807) is 0 Å². The number of fused-ring (bicyclic) bond motifs is 1. The summed E-state index contributed by atoms with van der Waals surface area (Å²) in [7, 11) is 1.91. The minimum absolute atomic E-state index is 0.661. The minimum Gasteiger partial charge on any atom is -0.379 e. The molecule has 1 heterocycles. The molecule has 0 saturated carbocycles. The SMILES string of the molecule is Cc1nn(C)c(CNc2ccc3ccccc3c2)c1Cl. The van der Waals surface area contributed by atoms with Crippen molar-refractivity contribution in [2.45, 2.75) is 13.5 Å². The van der Waals surface area contributed by atoms with E-state index in [1.165, 1.54) is 10.8 Å². The van der Waals surface area contributed by atoms with E-state index < -0.39 is 0 Å². The molecule has 3 nitrogen and oxygen atoms in total. The predicted molar refractivity (Wildman–Crippen MR) is 84.2 cm³/mol. The second-order valence-electron chi connectivity index (χ2n) is 4.89. The van der Waals surface area contributed by atoms with Crippen molar-refractivity contribution in [1.29, 1.82) is 0 Å². The first-order valence-electron chi connectivity index (χ1n) is 6.56. The molecule has 0 atom stereocenters. The summed E-state index contributed by atoms with van der Waals surface area (Å²) in [6, 6.07) is 14.7. The average molecular weight is 286 g/mol. The Morgan fingerprint density at radius 3 is 2.60 bits per heavy atom. The molecule has 0 fully saturated rings. The first-order chi connectivity index (χ1) is 9.65. The van der Waals surface area contributed by atoms with Crippen LogP contribution in [0.3, 0.4) is 0 Å². The Morgan fingerprint density at radius 1 is 1.15 bits per heavy atom. The number of rotatable bonds is 3. The highest BCUT2D eigenvalue weighted by atomic mass is 35.5. The molecule has 0 aliphatic rings. The highest BCUT2D eigenvalue weighted by Crippen LogP contribution is 2.22. The number of benzene rings is 2. The average Bonchev–Trinajstić information content (AvgIpc) is 2.70. The Hall–Kier alpha value is -2.00. The van der Waals surface area contributed by atoms with Gasteiger partial charge in [-0.15, -0.1) is 0 Å². The van der Waals surface area contributed by atoms with E-state index in [0.29, 0.717) is 6.54 Å². The smallest absolute Gasteiger partial charge is 0.0865 e. The van der Waals surface area contributed by atoms with Crippen LogP contribution in [0.15, 0.2) is 42.5 Å². The van der Waals surface area contributed by atoms with E-state index in [4.69, 9.17) is 11.6 Å². The van der Waals surface area contributed by atoms with E-state index >= 15 is 0 Å². The Morgan fingerprint density at radius 2 is 1.90 bits per heavy atom. The summed E-state index contributed by atoms with van der Waals surface area (Å²) in [6.07, 6.45) is 0. The largest absolute Gasteiger partial charge is 0.379 e. The minimum atomic E-state index is 0.661. The van der Waals surface area contributed by atoms with Crippen LogP contribution in [0.5, 0.6) is 0 Å². The molecule has 0 aliphatic heterocycles. The molecule has 102 valence electrons. The second kappa shape index (κ2) is 5.17. The van der Waals surface area contributed by atoms with Gasteiger partial charge in [0.1, 0.15) is 0 Å². The Kier molecular flexibility index (Phi) is 3.36. The first-order valence-corrected chi connectivity index (χ1v) is 6.93. The van der Waals surface area contributed by atoms with Crippen molar-refractivity contribution in [2.75, 3.05) is 5.32 Å². The molecule has 20 heavy (non-hydrogen) atoms. The predicted octanol–water partition coefficient (Wildman–Crippen LogP) is 4.15. The molecular formula is C16H16ClN3. The van der Waals surface area contributed by atoms with E-state index in [1.807, 2.05) is 30.8 Å². The quantitative estimate of drug-likeness (QED) is 0.783. The number of anilines is 1. The van der Waals surface area contributed by atoms with Crippen LogP contribution >= 0.6 is 11.6 Å². The number of nitrogens with zero attached hydrogens (tertiary/aromatic N) is 2. The van der Waals surface area contributed by atoms with Gasteiger partial charge in [0.2, 0.25) is 0 Å². The molecule has 3 rings (SSSR count). The normalized spacial score (nSPS) is 10.9. The lowest BCUT2D eigenvalue weighted by Gasteiger charge is -2.08. The van der Waals surface area contributed by atoms with Crippen LogP contribution in [0.25, 0.3) is 10.8 Å². The third-order valence-corrected chi connectivity index (χ3v) is 3.96. The van der Waals surface area contributed by atoms with Crippen molar-refractivity contribution in [3.05, 3.63) is 58.9 Å². The number of aromatic nitrogens is 2. The fourth-order valence-corrected chi connectivity index (χ4v) is 2.58. The topological polar surface area (TPSA) is 29.9 Å². The van der Waals surface area contributed by atoms with E-state index in [2.05, 4.69) is 40.7 Å². The summed E-state index contributed by atoms with van der Waals surface area (Å²) in [4.78, 5) is 0. The van der Waals surface area contributed by atoms with Gasteiger partial charge in [0.25, 0.3) is 0 Å². The number of nitrogens with one attached hydrogen (secondary N) is 1. The van der Waals surface area contributed by atoms with Crippen molar-refractivity contribution >= 4 is 28.1 Å². The van der Waals surface area contributed by atoms with Crippen molar-refractivity contribution in [1.82, 2.24) is 9.78 Å². The highest BCUT2D eigenvalue weighted by molar-refractivity contribution is 6.31. The van der Waals surface area contributed by atoms with Gasteiger partial charge < -0.3 is 5.32 Å².